The van der Waals surface area contributed by atoms with Gasteiger partial charge >= 0.3 is 5.88 Å². The zero-order valence-corrected chi connectivity index (χ0v) is 9.62. The monoisotopic (exact) mass is 266 g/mol. The van der Waals surface area contributed by atoms with Crippen LogP contribution in [-0.4, -0.2) is 9.85 Å². The molecule has 1 aromatic heterocycles. The lowest BCUT2D eigenvalue weighted by molar-refractivity contribution is -0.403. The summed E-state index contributed by atoms with van der Waals surface area (Å²) in [5.41, 5.74) is -0.00947. The van der Waals surface area contributed by atoms with Crippen LogP contribution in [0, 0.1) is 20.2 Å². The Balaban J connectivity index is 2.13. The molecule has 0 atom stereocenters. The van der Waals surface area contributed by atoms with Crippen molar-refractivity contribution in [2.24, 2.45) is 0 Å². The van der Waals surface area contributed by atoms with E-state index in [4.69, 9.17) is 4.42 Å². The minimum atomic E-state index is -0.625. The molecule has 92 valence electrons. The molecule has 0 aliphatic heterocycles. The number of rotatable bonds is 4. The number of nitro benzene ring substituents is 1. The third-order valence-corrected chi connectivity index (χ3v) is 2.94. The van der Waals surface area contributed by atoms with E-state index in [1.165, 1.54) is 24.3 Å². The maximum Gasteiger partial charge on any atom is 0.434 e. The van der Waals surface area contributed by atoms with E-state index < -0.39 is 9.85 Å². The molecule has 1 heterocycles. The number of hydrogen-bond acceptors (Lipinski definition) is 6. The number of non-ortho nitro benzene ring substituents is 1. The van der Waals surface area contributed by atoms with E-state index in [-0.39, 0.29) is 11.6 Å². The van der Waals surface area contributed by atoms with Crippen molar-refractivity contribution in [2.45, 2.75) is 9.99 Å². The molecule has 0 aliphatic carbocycles. The van der Waals surface area contributed by atoms with E-state index >= 15 is 0 Å². The van der Waals surface area contributed by atoms with E-state index in [9.17, 15) is 20.2 Å². The summed E-state index contributed by atoms with van der Waals surface area (Å²) < 4.78 is 4.96. The number of nitrogens with zero attached hydrogens (tertiary/aromatic N) is 2. The van der Waals surface area contributed by atoms with E-state index in [0.717, 1.165) is 11.8 Å². The second kappa shape index (κ2) is 4.88. The Kier molecular flexibility index (Phi) is 3.28. The molecule has 8 heteroatoms. The van der Waals surface area contributed by atoms with Gasteiger partial charge in [-0.15, -0.1) is 0 Å². The lowest BCUT2D eigenvalue weighted by Gasteiger charge is -1.96. The van der Waals surface area contributed by atoms with Gasteiger partial charge in [0.05, 0.1) is 11.0 Å². The van der Waals surface area contributed by atoms with Gasteiger partial charge in [0.15, 0.2) is 5.09 Å². The molecule has 0 N–H and O–H groups in total. The second-order valence-corrected chi connectivity index (χ2v) is 4.28. The number of nitro groups is 2. The Hall–Kier alpha value is -2.35. The molecule has 7 nitrogen and oxygen atoms in total. The summed E-state index contributed by atoms with van der Waals surface area (Å²) in [6, 6.07) is 8.56. The summed E-state index contributed by atoms with van der Waals surface area (Å²) in [6.45, 7) is 0. The van der Waals surface area contributed by atoms with Crippen LogP contribution in [0.25, 0.3) is 0 Å². The Morgan fingerprint density at radius 1 is 0.944 bits per heavy atom. The van der Waals surface area contributed by atoms with Gasteiger partial charge in [-0.2, -0.15) is 0 Å². The summed E-state index contributed by atoms with van der Waals surface area (Å²) in [5, 5.41) is 21.2. The third-order valence-electron chi connectivity index (χ3n) is 2.01. The minimum absolute atomic E-state index is 0.00947. The molecule has 2 aromatic rings. The van der Waals surface area contributed by atoms with Crippen LogP contribution < -0.4 is 0 Å². The summed E-state index contributed by atoms with van der Waals surface area (Å²) in [6.07, 6.45) is 0. The van der Waals surface area contributed by atoms with Crippen molar-refractivity contribution in [2.75, 3.05) is 0 Å². The summed E-state index contributed by atoms with van der Waals surface area (Å²) in [5.74, 6) is -0.334. The predicted octanol–water partition coefficient (Wildman–Crippen LogP) is 3.25. The summed E-state index contributed by atoms with van der Waals surface area (Å²) in [7, 11) is 0. The standard InChI is InChI=1S/C10H6N2O5S/c13-11(14)7-1-3-8(4-2-7)18-10-6-5-9(17-10)12(15)16/h1-6H. The highest BCUT2D eigenvalue weighted by atomic mass is 32.2. The van der Waals surface area contributed by atoms with Crippen LogP contribution in [0.5, 0.6) is 0 Å². The fraction of sp³-hybridized carbons (Fsp3) is 0. The molecule has 1 aromatic carbocycles. The Morgan fingerprint density at radius 3 is 2.11 bits per heavy atom. The van der Waals surface area contributed by atoms with Crippen LogP contribution in [0.1, 0.15) is 0 Å². The molecule has 0 bridgehead atoms. The van der Waals surface area contributed by atoms with Crippen LogP contribution in [0.15, 0.2) is 50.8 Å². The first-order valence-electron chi connectivity index (χ1n) is 4.73. The smallest absolute Gasteiger partial charge is 0.394 e. The molecule has 0 saturated carbocycles. The maximum atomic E-state index is 10.5. The Morgan fingerprint density at radius 2 is 1.61 bits per heavy atom. The summed E-state index contributed by atoms with van der Waals surface area (Å²) in [4.78, 5) is 20.4. The van der Waals surface area contributed by atoms with E-state index in [1.807, 2.05) is 0 Å². The van der Waals surface area contributed by atoms with E-state index in [0.29, 0.717) is 9.99 Å². The Bertz CT molecular complexity index is 593. The molecule has 0 spiro atoms. The van der Waals surface area contributed by atoms with Gasteiger partial charge in [-0.1, -0.05) is 11.8 Å². The molecule has 0 radical (unpaired) electrons. The van der Waals surface area contributed by atoms with Crippen LogP contribution in [-0.2, 0) is 0 Å². The van der Waals surface area contributed by atoms with Crippen LogP contribution in [0.2, 0.25) is 0 Å². The van der Waals surface area contributed by atoms with Gasteiger partial charge in [0.1, 0.15) is 4.92 Å². The number of benzene rings is 1. The highest BCUT2D eigenvalue weighted by Crippen LogP contribution is 2.32. The van der Waals surface area contributed by atoms with Gasteiger partial charge in [0, 0.05) is 17.0 Å². The van der Waals surface area contributed by atoms with E-state index in [2.05, 4.69) is 0 Å². The summed E-state index contributed by atoms with van der Waals surface area (Å²) >= 11 is 1.15. The van der Waals surface area contributed by atoms with Gasteiger partial charge in [-0.25, -0.2) is 0 Å². The topological polar surface area (TPSA) is 99.4 Å². The van der Waals surface area contributed by atoms with Gasteiger partial charge in [-0.05, 0) is 18.2 Å². The molecule has 0 unspecified atom stereocenters. The molecule has 0 saturated heterocycles. The predicted molar refractivity (Wildman–Crippen MR) is 62.6 cm³/mol. The molecular formula is C10H6N2O5S. The van der Waals surface area contributed by atoms with Crippen LogP contribution >= 0.6 is 11.8 Å². The normalized spacial score (nSPS) is 10.2. The molecule has 0 fully saturated rings. The van der Waals surface area contributed by atoms with Crippen molar-refractivity contribution >= 4 is 23.3 Å². The average molecular weight is 266 g/mol. The fourth-order valence-electron chi connectivity index (χ4n) is 1.22. The molecule has 0 aliphatic rings. The van der Waals surface area contributed by atoms with Crippen molar-refractivity contribution in [3.8, 4) is 0 Å². The minimum Gasteiger partial charge on any atom is -0.394 e. The Labute approximate surface area is 105 Å². The van der Waals surface area contributed by atoms with Crippen molar-refractivity contribution < 1.29 is 14.3 Å². The van der Waals surface area contributed by atoms with Gasteiger partial charge in [0.2, 0.25) is 0 Å². The van der Waals surface area contributed by atoms with Crippen molar-refractivity contribution in [1.29, 1.82) is 0 Å². The second-order valence-electron chi connectivity index (χ2n) is 3.20. The third kappa shape index (κ3) is 2.66. The van der Waals surface area contributed by atoms with Crippen LogP contribution in [0.4, 0.5) is 11.6 Å². The van der Waals surface area contributed by atoms with Gasteiger partial charge in [0.25, 0.3) is 5.69 Å². The van der Waals surface area contributed by atoms with E-state index in [1.54, 1.807) is 12.1 Å². The zero-order chi connectivity index (χ0) is 13.1. The molecule has 0 amide bonds. The zero-order valence-electron chi connectivity index (χ0n) is 8.81. The van der Waals surface area contributed by atoms with Crippen molar-refractivity contribution in [1.82, 2.24) is 0 Å². The molecule has 18 heavy (non-hydrogen) atoms. The van der Waals surface area contributed by atoms with Crippen LogP contribution in [0.3, 0.4) is 0 Å². The number of hydrogen-bond donors (Lipinski definition) is 0. The lowest BCUT2D eigenvalue weighted by Crippen LogP contribution is -1.86. The fourth-order valence-corrected chi connectivity index (χ4v) is 1.98. The first kappa shape index (κ1) is 12.1. The quantitative estimate of drug-likeness (QED) is 0.622. The largest absolute Gasteiger partial charge is 0.434 e. The average Bonchev–Trinajstić information content (AvgIpc) is 2.78. The molecular weight excluding hydrogens is 260 g/mol. The van der Waals surface area contributed by atoms with Crippen molar-refractivity contribution in [3.63, 3.8) is 0 Å². The lowest BCUT2D eigenvalue weighted by atomic mass is 10.3. The van der Waals surface area contributed by atoms with Gasteiger partial charge in [-0.3, -0.25) is 20.2 Å². The van der Waals surface area contributed by atoms with Gasteiger partial charge < -0.3 is 4.42 Å². The maximum absolute atomic E-state index is 10.5. The number of furan rings is 1. The highest BCUT2D eigenvalue weighted by Gasteiger charge is 2.13. The van der Waals surface area contributed by atoms with Crippen molar-refractivity contribution in [3.05, 3.63) is 56.6 Å². The highest BCUT2D eigenvalue weighted by molar-refractivity contribution is 7.99. The molecule has 2 rings (SSSR count). The first-order chi connectivity index (χ1) is 8.56. The SMILES string of the molecule is O=[N+]([O-])c1ccc(Sc2ccc([N+](=O)[O-])o2)cc1. The first-order valence-corrected chi connectivity index (χ1v) is 5.54.